The Labute approximate surface area is 97.1 Å². The largest absolute Gasteiger partial charge is 0.464 e. The van der Waals surface area contributed by atoms with Crippen LogP contribution in [0.1, 0.15) is 39.0 Å². The SMILES string of the molecule is CCCCOC(=O)C12CCC(CCNC1)N2. The van der Waals surface area contributed by atoms with E-state index in [9.17, 15) is 4.79 Å². The molecular weight excluding hydrogens is 204 g/mol. The van der Waals surface area contributed by atoms with E-state index in [1.807, 2.05) is 0 Å². The molecule has 2 atom stereocenters. The summed E-state index contributed by atoms with van der Waals surface area (Å²) < 4.78 is 5.36. The maximum absolute atomic E-state index is 12.1. The number of hydrogen-bond donors (Lipinski definition) is 2. The van der Waals surface area contributed by atoms with Gasteiger partial charge in [-0.15, -0.1) is 0 Å². The summed E-state index contributed by atoms with van der Waals surface area (Å²) in [5, 5.41) is 6.78. The van der Waals surface area contributed by atoms with Crippen LogP contribution in [0.3, 0.4) is 0 Å². The monoisotopic (exact) mass is 226 g/mol. The van der Waals surface area contributed by atoms with Gasteiger partial charge in [0.25, 0.3) is 0 Å². The van der Waals surface area contributed by atoms with Crippen LogP contribution in [-0.2, 0) is 9.53 Å². The summed E-state index contributed by atoms with van der Waals surface area (Å²) in [7, 11) is 0. The third-order valence-electron chi connectivity index (χ3n) is 3.62. The molecule has 0 aromatic carbocycles. The van der Waals surface area contributed by atoms with E-state index in [-0.39, 0.29) is 5.97 Å². The Bertz CT molecular complexity index is 257. The van der Waals surface area contributed by atoms with Gasteiger partial charge in [-0.2, -0.15) is 0 Å². The smallest absolute Gasteiger partial charge is 0.327 e. The molecule has 0 radical (unpaired) electrons. The molecule has 2 rings (SSSR count). The number of fused-ring (bicyclic) bond motifs is 2. The standard InChI is InChI=1S/C12H22N2O2/c1-2-3-8-16-11(15)12-6-4-10(14-12)5-7-13-9-12/h10,13-14H,2-9H2,1H3. The quantitative estimate of drug-likeness (QED) is 0.550. The Kier molecular flexibility index (Phi) is 3.82. The highest BCUT2D eigenvalue weighted by molar-refractivity contribution is 5.82. The number of hydrogen-bond acceptors (Lipinski definition) is 4. The van der Waals surface area contributed by atoms with Gasteiger partial charge in [0.1, 0.15) is 5.54 Å². The van der Waals surface area contributed by atoms with E-state index in [1.165, 1.54) is 0 Å². The minimum Gasteiger partial charge on any atom is -0.464 e. The van der Waals surface area contributed by atoms with Crippen molar-refractivity contribution in [2.75, 3.05) is 19.7 Å². The lowest BCUT2D eigenvalue weighted by Gasteiger charge is -2.26. The number of carbonyl (C=O) groups is 1. The molecule has 2 aliphatic heterocycles. The van der Waals surface area contributed by atoms with Gasteiger partial charge in [-0.1, -0.05) is 13.3 Å². The first kappa shape index (κ1) is 11.9. The van der Waals surface area contributed by atoms with Gasteiger partial charge in [0.15, 0.2) is 0 Å². The van der Waals surface area contributed by atoms with Gasteiger partial charge >= 0.3 is 5.97 Å². The molecule has 0 saturated carbocycles. The highest BCUT2D eigenvalue weighted by Gasteiger charge is 2.46. The van der Waals surface area contributed by atoms with Crippen LogP contribution in [0.2, 0.25) is 0 Å². The van der Waals surface area contributed by atoms with Gasteiger partial charge < -0.3 is 10.1 Å². The van der Waals surface area contributed by atoms with Gasteiger partial charge in [0.05, 0.1) is 6.61 Å². The molecule has 2 heterocycles. The predicted octanol–water partition coefficient (Wildman–Crippen LogP) is 0.814. The molecule has 4 heteroatoms. The minimum atomic E-state index is -0.436. The third kappa shape index (κ3) is 2.38. The summed E-state index contributed by atoms with van der Waals surface area (Å²) in [5.41, 5.74) is -0.436. The van der Waals surface area contributed by atoms with E-state index in [1.54, 1.807) is 0 Å². The van der Waals surface area contributed by atoms with Crippen molar-refractivity contribution < 1.29 is 9.53 Å². The normalized spacial score (nSPS) is 33.4. The van der Waals surface area contributed by atoms with E-state index in [0.29, 0.717) is 19.2 Å². The summed E-state index contributed by atoms with van der Waals surface area (Å²) in [4.78, 5) is 12.1. The molecule has 2 saturated heterocycles. The first-order valence-electron chi connectivity index (χ1n) is 6.42. The number of carbonyl (C=O) groups excluding carboxylic acids is 1. The van der Waals surface area contributed by atoms with Crippen LogP contribution < -0.4 is 10.6 Å². The molecule has 2 unspecified atom stereocenters. The Morgan fingerprint density at radius 2 is 2.38 bits per heavy atom. The van der Waals surface area contributed by atoms with Crippen LogP contribution in [0.4, 0.5) is 0 Å². The molecule has 0 aromatic rings. The van der Waals surface area contributed by atoms with Crippen molar-refractivity contribution in [3.8, 4) is 0 Å². The molecule has 0 amide bonds. The molecule has 0 aromatic heterocycles. The average molecular weight is 226 g/mol. The van der Waals surface area contributed by atoms with E-state index < -0.39 is 5.54 Å². The van der Waals surface area contributed by atoms with Crippen molar-refractivity contribution in [2.24, 2.45) is 0 Å². The van der Waals surface area contributed by atoms with Crippen molar-refractivity contribution in [1.29, 1.82) is 0 Å². The van der Waals surface area contributed by atoms with Crippen LogP contribution in [0.5, 0.6) is 0 Å². The van der Waals surface area contributed by atoms with E-state index >= 15 is 0 Å². The van der Waals surface area contributed by atoms with Crippen molar-refractivity contribution in [3.05, 3.63) is 0 Å². The molecular formula is C12H22N2O2. The summed E-state index contributed by atoms with van der Waals surface area (Å²) in [6.45, 7) is 4.38. The van der Waals surface area contributed by atoms with E-state index in [0.717, 1.165) is 38.6 Å². The van der Waals surface area contributed by atoms with Crippen LogP contribution in [0.25, 0.3) is 0 Å². The van der Waals surface area contributed by atoms with Gasteiger partial charge in [-0.3, -0.25) is 5.32 Å². The molecule has 2 fully saturated rings. The van der Waals surface area contributed by atoms with Gasteiger partial charge in [0, 0.05) is 12.6 Å². The molecule has 0 aliphatic carbocycles. The highest BCUT2D eigenvalue weighted by Crippen LogP contribution is 2.27. The fraction of sp³-hybridized carbons (Fsp3) is 0.917. The van der Waals surface area contributed by atoms with Crippen LogP contribution in [0.15, 0.2) is 0 Å². The lowest BCUT2D eigenvalue weighted by molar-refractivity contribution is -0.151. The maximum atomic E-state index is 12.1. The fourth-order valence-electron chi connectivity index (χ4n) is 2.57. The third-order valence-corrected chi connectivity index (χ3v) is 3.62. The number of unbranched alkanes of at least 4 members (excludes halogenated alkanes) is 1. The summed E-state index contributed by atoms with van der Waals surface area (Å²) in [6, 6.07) is 0.494. The highest BCUT2D eigenvalue weighted by atomic mass is 16.5. The molecule has 2 N–H and O–H groups in total. The molecule has 92 valence electrons. The average Bonchev–Trinajstić information content (AvgIpc) is 2.55. The Morgan fingerprint density at radius 3 is 3.19 bits per heavy atom. The fourth-order valence-corrected chi connectivity index (χ4v) is 2.57. The molecule has 2 aliphatic rings. The zero-order valence-corrected chi connectivity index (χ0v) is 10.1. The summed E-state index contributed by atoms with van der Waals surface area (Å²) in [6.07, 6.45) is 5.15. The maximum Gasteiger partial charge on any atom is 0.327 e. The van der Waals surface area contributed by atoms with Gasteiger partial charge in [-0.25, -0.2) is 4.79 Å². The second-order valence-corrected chi connectivity index (χ2v) is 4.92. The molecule has 4 nitrogen and oxygen atoms in total. The number of nitrogens with one attached hydrogen (secondary N) is 2. The number of esters is 1. The number of ether oxygens (including phenoxy) is 1. The van der Waals surface area contributed by atoms with Crippen molar-refractivity contribution in [3.63, 3.8) is 0 Å². The Balaban J connectivity index is 1.92. The van der Waals surface area contributed by atoms with Crippen LogP contribution in [0, 0.1) is 0 Å². The first-order chi connectivity index (χ1) is 7.77. The van der Waals surface area contributed by atoms with Gasteiger partial charge in [0.2, 0.25) is 0 Å². The molecule has 0 spiro atoms. The lowest BCUT2D eigenvalue weighted by atomic mass is 9.96. The lowest BCUT2D eigenvalue weighted by Crippen LogP contribution is -2.55. The molecule has 2 bridgehead atoms. The van der Waals surface area contributed by atoms with Crippen LogP contribution in [-0.4, -0.2) is 37.2 Å². The Hall–Kier alpha value is -0.610. The van der Waals surface area contributed by atoms with E-state index in [2.05, 4.69) is 17.6 Å². The van der Waals surface area contributed by atoms with Gasteiger partial charge in [-0.05, 0) is 32.2 Å². The predicted molar refractivity (Wildman–Crippen MR) is 62.2 cm³/mol. The Morgan fingerprint density at radius 1 is 1.50 bits per heavy atom. The van der Waals surface area contributed by atoms with Crippen molar-refractivity contribution in [1.82, 2.24) is 10.6 Å². The first-order valence-corrected chi connectivity index (χ1v) is 6.42. The number of rotatable bonds is 4. The second kappa shape index (κ2) is 5.15. The summed E-state index contributed by atoms with van der Waals surface area (Å²) >= 11 is 0. The zero-order valence-electron chi connectivity index (χ0n) is 10.1. The topological polar surface area (TPSA) is 50.4 Å². The van der Waals surface area contributed by atoms with Crippen LogP contribution >= 0.6 is 0 Å². The zero-order chi connectivity index (χ0) is 11.4. The van der Waals surface area contributed by atoms with Crippen molar-refractivity contribution in [2.45, 2.75) is 50.6 Å². The van der Waals surface area contributed by atoms with Crippen molar-refractivity contribution >= 4 is 5.97 Å². The minimum absolute atomic E-state index is 0.0575. The van der Waals surface area contributed by atoms with E-state index in [4.69, 9.17) is 4.74 Å². The molecule has 16 heavy (non-hydrogen) atoms. The summed E-state index contributed by atoms with van der Waals surface area (Å²) in [5.74, 6) is -0.0575. The second-order valence-electron chi connectivity index (χ2n) is 4.92.